The van der Waals surface area contributed by atoms with Gasteiger partial charge in [0.25, 0.3) is 0 Å². The maximum Gasteiger partial charge on any atom is 0.428 e. The Bertz CT molecular complexity index is 573. The standard InChI is InChI=1S/C13H10ClN2O/c1-9-2-5-11(6-3-9)17-13-7-4-10(14)8-12(13)16-15/h2-8H,1H3/q+1. The third kappa shape index (κ3) is 2.74. The molecule has 2 aromatic carbocycles. The number of aryl methyl sites for hydroxylation is 1. The van der Waals surface area contributed by atoms with Gasteiger partial charge in [-0.2, -0.15) is 0 Å². The van der Waals surface area contributed by atoms with Gasteiger partial charge in [-0.3, -0.25) is 0 Å². The van der Waals surface area contributed by atoms with Crippen molar-refractivity contribution in [2.75, 3.05) is 0 Å². The Morgan fingerprint density at radius 1 is 1.12 bits per heavy atom. The zero-order chi connectivity index (χ0) is 12.3. The molecule has 0 aromatic heterocycles. The van der Waals surface area contributed by atoms with Crippen LogP contribution in [0.15, 0.2) is 42.5 Å². The predicted octanol–water partition coefficient (Wildman–Crippen LogP) is 4.93. The van der Waals surface area contributed by atoms with E-state index in [1.54, 1.807) is 12.1 Å². The lowest BCUT2D eigenvalue weighted by molar-refractivity contribution is 0.485. The van der Waals surface area contributed by atoms with Crippen molar-refractivity contribution in [3.05, 3.63) is 58.0 Å². The van der Waals surface area contributed by atoms with E-state index in [0.717, 1.165) is 5.56 Å². The molecule has 0 amide bonds. The Balaban J connectivity index is 2.30. The van der Waals surface area contributed by atoms with Crippen LogP contribution in [0.2, 0.25) is 5.02 Å². The monoisotopic (exact) mass is 245 g/mol. The van der Waals surface area contributed by atoms with Crippen molar-refractivity contribution in [1.82, 2.24) is 0 Å². The maximum atomic E-state index is 8.85. The van der Waals surface area contributed by atoms with E-state index in [1.165, 1.54) is 6.07 Å². The predicted molar refractivity (Wildman–Crippen MR) is 67.4 cm³/mol. The van der Waals surface area contributed by atoms with Crippen molar-refractivity contribution in [3.8, 4) is 11.5 Å². The van der Waals surface area contributed by atoms with Gasteiger partial charge in [0.1, 0.15) is 5.75 Å². The molecule has 0 aliphatic rings. The Labute approximate surface area is 104 Å². The van der Waals surface area contributed by atoms with Crippen LogP contribution in [-0.4, -0.2) is 0 Å². The highest BCUT2D eigenvalue weighted by Crippen LogP contribution is 2.34. The molecule has 2 rings (SSSR count). The minimum Gasteiger partial charge on any atom is -0.449 e. The van der Waals surface area contributed by atoms with Crippen LogP contribution in [0.5, 0.6) is 11.5 Å². The first kappa shape index (κ1) is 11.4. The van der Waals surface area contributed by atoms with E-state index in [2.05, 4.69) is 4.98 Å². The van der Waals surface area contributed by atoms with Gasteiger partial charge in [0.05, 0.1) is 6.07 Å². The molecule has 0 radical (unpaired) electrons. The SMILES string of the molecule is Cc1ccc(Oc2ccc(Cl)cc2[N+]#N)cc1. The van der Waals surface area contributed by atoms with Crippen LogP contribution in [0.1, 0.15) is 5.56 Å². The third-order valence-corrected chi connectivity index (χ3v) is 2.51. The molecule has 0 heterocycles. The molecular formula is C13H10ClN2O+. The zero-order valence-corrected chi connectivity index (χ0v) is 9.98. The van der Waals surface area contributed by atoms with Gasteiger partial charge in [-0.05, 0) is 31.2 Å². The zero-order valence-electron chi connectivity index (χ0n) is 9.22. The molecule has 0 saturated carbocycles. The molecular weight excluding hydrogens is 236 g/mol. The van der Waals surface area contributed by atoms with Crippen molar-refractivity contribution in [2.45, 2.75) is 6.92 Å². The minimum absolute atomic E-state index is 0.304. The molecule has 0 aliphatic heterocycles. The van der Waals surface area contributed by atoms with Crippen LogP contribution >= 0.6 is 11.6 Å². The summed E-state index contributed by atoms with van der Waals surface area (Å²) in [7, 11) is 0. The summed E-state index contributed by atoms with van der Waals surface area (Å²) < 4.78 is 5.60. The van der Waals surface area contributed by atoms with Crippen LogP contribution in [0, 0.1) is 12.3 Å². The first-order valence-electron chi connectivity index (χ1n) is 5.08. The van der Waals surface area contributed by atoms with Crippen LogP contribution in [-0.2, 0) is 0 Å². The quantitative estimate of drug-likeness (QED) is 0.704. The van der Waals surface area contributed by atoms with Crippen molar-refractivity contribution in [2.24, 2.45) is 0 Å². The van der Waals surface area contributed by atoms with E-state index in [1.807, 2.05) is 31.2 Å². The summed E-state index contributed by atoms with van der Waals surface area (Å²) in [5.74, 6) is 1.14. The summed E-state index contributed by atoms with van der Waals surface area (Å²) in [5.41, 5.74) is 1.46. The summed E-state index contributed by atoms with van der Waals surface area (Å²) in [6.07, 6.45) is 0. The average molecular weight is 246 g/mol. The molecule has 2 aromatic rings. The highest BCUT2D eigenvalue weighted by atomic mass is 35.5. The number of hydrogen-bond acceptors (Lipinski definition) is 2. The number of halogens is 1. The molecule has 0 atom stereocenters. The first-order valence-corrected chi connectivity index (χ1v) is 5.46. The number of hydrogen-bond donors (Lipinski definition) is 0. The van der Waals surface area contributed by atoms with Crippen LogP contribution in [0.3, 0.4) is 0 Å². The summed E-state index contributed by atoms with van der Waals surface area (Å²) in [5, 5.41) is 9.35. The van der Waals surface area contributed by atoms with E-state index in [-0.39, 0.29) is 0 Å². The van der Waals surface area contributed by atoms with Gasteiger partial charge in [-0.25, -0.2) is 0 Å². The minimum atomic E-state index is 0.304. The third-order valence-electron chi connectivity index (χ3n) is 2.28. The first-order chi connectivity index (χ1) is 8.19. The van der Waals surface area contributed by atoms with Gasteiger partial charge < -0.3 is 4.74 Å². The lowest BCUT2D eigenvalue weighted by Gasteiger charge is -2.03. The summed E-state index contributed by atoms with van der Waals surface area (Å²) >= 11 is 5.79. The summed E-state index contributed by atoms with van der Waals surface area (Å²) in [6.45, 7) is 2.00. The Kier molecular flexibility index (Phi) is 3.27. The second kappa shape index (κ2) is 4.86. The van der Waals surface area contributed by atoms with E-state index >= 15 is 0 Å². The fraction of sp³-hybridized carbons (Fsp3) is 0.0769. The van der Waals surface area contributed by atoms with Crippen molar-refractivity contribution in [1.29, 1.82) is 5.39 Å². The summed E-state index contributed by atoms with van der Waals surface area (Å²) in [4.78, 5) is 3.14. The van der Waals surface area contributed by atoms with Gasteiger partial charge in [-0.1, -0.05) is 29.3 Å². The molecule has 0 aliphatic carbocycles. The van der Waals surface area contributed by atoms with E-state index in [9.17, 15) is 0 Å². The largest absolute Gasteiger partial charge is 0.449 e. The maximum absolute atomic E-state index is 8.85. The van der Waals surface area contributed by atoms with Gasteiger partial charge in [0.15, 0.2) is 4.98 Å². The van der Waals surface area contributed by atoms with E-state index in [0.29, 0.717) is 22.2 Å². The van der Waals surface area contributed by atoms with Crippen molar-refractivity contribution < 1.29 is 4.74 Å². The van der Waals surface area contributed by atoms with Gasteiger partial charge in [-0.15, -0.1) is 0 Å². The molecule has 0 N–H and O–H groups in total. The smallest absolute Gasteiger partial charge is 0.428 e. The lowest BCUT2D eigenvalue weighted by atomic mass is 10.2. The summed E-state index contributed by atoms with van der Waals surface area (Å²) in [6, 6.07) is 12.5. The molecule has 3 nitrogen and oxygen atoms in total. The second-order valence-electron chi connectivity index (χ2n) is 3.63. The Morgan fingerprint density at radius 3 is 2.47 bits per heavy atom. The van der Waals surface area contributed by atoms with Gasteiger partial charge in [0.2, 0.25) is 11.1 Å². The highest BCUT2D eigenvalue weighted by Gasteiger charge is 2.16. The fourth-order valence-corrected chi connectivity index (χ4v) is 1.55. The van der Waals surface area contributed by atoms with Crippen molar-refractivity contribution in [3.63, 3.8) is 0 Å². The van der Waals surface area contributed by atoms with Crippen molar-refractivity contribution >= 4 is 17.3 Å². The second-order valence-corrected chi connectivity index (χ2v) is 4.06. The highest BCUT2D eigenvalue weighted by molar-refractivity contribution is 6.30. The van der Waals surface area contributed by atoms with E-state index < -0.39 is 0 Å². The van der Waals surface area contributed by atoms with Crippen LogP contribution in [0.4, 0.5) is 5.69 Å². The number of nitrogens with zero attached hydrogens (tertiary/aromatic N) is 2. The van der Waals surface area contributed by atoms with E-state index in [4.69, 9.17) is 21.7 Å². The molecule has 17 heavy (non-hydrogen) atoms. The topological polar surface area (TPSA) is 37.4 Å². The molecule has 84 valence electrons. The van der Waals surface area contributed by atoms with Crippen LogP contribution < -0.4 is 4.74 Å². The molecule has 0 fully saturated rings. The molecule has 0 bridgehead atoms. The number of rotatable bonds is 2. The molecule has 0 unspecified atom stereocenters. The lowest BCUT2D eigenvalue weighted by Crippen LogP contribution is -1.84. The fourth-order valence-electron chi connectivity index (χ4n) is 1.39. The van der Waals surface area contributed by atoms with Gasteiger partial charge in [0, 0.05) is 5.02 Å². The normalized spacial score (nSPS) is 9.71. The average Bonchev–Trinajstić information content (AvgIpc) is 2.34. The number of benzene rings is 2. The molecule has 0 saturated heterocycles. The number of ether oxygens (including phenoxy) is 1. The number of diazo groups is 1. The van der Waals surface area contributed by atoms with Gasteiger partial charge >= 0.3 is 5.69 Å². The molecule has 0 spiro atoms. The Hall–Kier alpha value is -2.05. The Morgan fingerprint density at radius 2 is 1.82 bits per heavy atom. The van der Waals surface area contributed by atoms with Crippen LogP contribution in [0.25, 0.3) is 4.98 Å². The molecule has 4 heteroatoms.